The number of aromatic nitrogens is 2. The van der Waals surface area contributed by atoms with Crippen molar-refractivity contribution in [3.63, 3.8) is 0 Å². The van der Waals surface area contributed by atoms with Crippen molar-refractivity contribution in [2.24, 2.45) is 10.1 Å². The summed E-state index contributed by atoms with van der Waals surface area (Å²) in [5, 5.41) is 7.54. The van der Waals surface area contributed by atoms with Crippen LogP contribution < -0.4 is 10.5 Å². The minimum absolute atomic E-state index is 0.0560. The van der Waals surface area contributed by atoms with Crippen LogP contribution in [0.5, 0.6) is 0 Å². The highest BCUT2D eigenvalue weighted by Gasteiger charge is 2.10. The number of imidazole rings is 1. The first-order valence-corrected chi connectivity index (χ1v) is 8.84. The number of sulfonamides is 1. The van der Waals surface area contributed by atoms with Crippen molar-refractivity contribution in [2.75, 3.05) is 6.54 Å². The molecule has 0 unspecified atom stereocenters. The molecule has 0 radical (unpaired) electrons. The number of hydrogen-bond donors (Lipinski definition) is 3. The summed E-state index contributed by atoms with van der Waals surface area (Å²) in [6.45, 7) is 0.121. The third-order valence-corrected chi connectivity index (χ3v) is 4.10. The number of hydrogen-bond acceptors (Lipinski definition) is 5. The van der Waals surface area contributed by atoms with Crippen molar-refractivity contribution >= 4 is 28.1 Å². The van der Waals surface area contributed by atoms with E-state index >= 15 is 0 Å². The van der Waals surface area contributed by atoms with Gasteiger partial charge in [0.1, 0.15) is 0 Å². The first kappa shape index (κ1) is 18.5. The molecule has 0 spiro atoms. The summed E-state index contributed by atoms with van der Waals surface area (Å²) in [4.78, 5) is 33.9. The molecule has 0 aliphatic heterocycles. The Balaban J connectivity index is 1.76. The topological polar surface area (TPSA) is 147 Å². The SMILES string of the molecule is NS(=O)(=O)c1ccc(C(=O)NCCC(=O)N=CCc2cnc[nH]2)cc1. The molecule has 2 aromatic rings. The molecular formula is C15H17N5O4S. The van der Waals surface area contributed by atoms with E-state index < -0.39 is 15.9 Å². The Morgan fingerprint density at radius 1 is 1.28 bits per heavy atom. The highest BCUT2D eigenvalue weighted by atomic mass is 32.2. The maximum absolute atomic E-state index is 11.9. The molecule has 1 heterocycles. The van der Waals surface area contributed by atoms with Crippen molar-refractivity contribution in [3.05, 3.63) is 48.0 Å². The molecule has 25 heavy (non-hydrogen) atoms. The number of nitrogens with two attached hydrogens (primary N) is 1. The van der Waals surface area contributed by atoms with Crippen LogP contribution in [0, 0.1) is 0 Å². The second kappa shape index (κ2) is 8.31. The molecule has 2 amide bonds. The number of H-pyrrole nitrogens is 1. The molecule has 0 atom stereocenters. The van der Waals surface area contributed by atoms with E-state index in [1.807, 2.05) is 0 Å². The zero-order chi connectivity index (χ0) is 18.3. The lowest BCUT2D eigenvalue weighted by Crippen LogP contribution is -2.25. The Kier molecular flexibility index (Phi) is 6.14. The largest absolute Gasteiger partial charge is 0.352 e. The summed E-state index contributed by atoms with van der Waals surface area (Å²) in [6.07, 6.45) is 5.17. The lowest BCUT2D eigenvalue weighted by molar-refractivity contribution is -0.117. The highest BCUT2D eigenvalue weighted by molar-refractivity contribution is 7.89. The number of aliphatic imine (C=N–C) groups is 1. The molecule has 0 bridgehead atoms. The average Bonchev–Trinajstić information content (AvgIpc) is 3.07. The maximum Gasteiger partial charge on any atom is 0.251 e. The van der Waals surface area contributed by atoms with Crippen molar-refractivity contribution in [2.45, 2.75) is 17.7 Å². The van der Waals surface area contributed by atoms with Gasteiger partial charge < -0.3 is 10.3 Å². The van der Waals surface area contributed by atoms with Gasteiger partial charge in [-0.25, -0.2) is 23.5 Å². The number of aromatic amines is 1. The van der Waals surface area contributed by atoms with Crippen molar-refractivity contribution < 1.29 is 18.0 Å². The fourth-order valence-corrected chi connectivity index (χ4v) is 2.40. The van der Waals surface area contributed by atoms with Crippen LogP contribution in [0.3, 0.4) is 0 Å². The number of carbonyl (C=O) groups excluding carboxylic acids is 2. The van der Waals surface area contributed by atoms with Gasteiger partial charge >= 0.3 is 0 Å². The Morgan fingerprint density at radius 2 is 2.00 bits per heavy atom. The molecule has 9 nitrogen and oxygen atoms in total. The van der Waals surface area contributed by atoms with E-state index in [2.05, 4.69) is 20.3 Å². The van der Waals surface area contributed by atoms with E-state index in [-0.39, 0.29) is 29.3 Å². The molecule has 10 heteroatoms. The van der Waals surface area contributed by atoms with Crippen LogP contribution in [0.15, 0.2) is 46.7 Å². The number of amides is 2. The number of primary sulfonamides is 1. The number of carbonyl (C=O) groups is 2. The smallest absolute Gasteiger partial charge is 0.251 e. The van der Waals surface area contributed by atoms with Gasteiger partial charge in [0, 0.05) is 43.1 Å². The van der Waals surface area contributed by atoms with Crippen LogP contribution in [0.1, 0.15) is 22.5 Å². The number of rotatable bonds is 7. The molecule has 2 rings (SSSR count). The first-order chi connectivity index (χ1) is 11.9. The number of nitrogens with one attached hydrogen (secondary N) is 2. The lowest BCUT2D eigenvalue weighted by atomic mass is 10.2. The molecule has 0 fully saturated rings. The summed E-state index contributed by atoms with van der Waals surface area (Å²) in [5.74, 6) is -0.778. The predicted molar refractivity (Wildman–Crippen MR) is 90.6 cm³/mol. The summed E-state index contributed by atoms with van der Waals surface area (Å²) in [6, 6.07) is 5.18. The van der Waals surface area contributed by atoms with Gasteiger partial charge in [0.05, 0.1) is 11.2 Å². The van der Waals surface area contributed by atoms with E-state index in [0.717, 1.165) is 5.69 Å². The minimum atomic E-state index is -3.80. The van der Waals surface area contributed by atoms with Gasteiger partial charge in [0.2, 0.25) is 15.9 Å². The molecule has 1 aromatic carbocycles. The lowest BCUT2D eigenvalue weighted by Gasteiger charge is -2.04. The molecule has 132 valence electrons. The zero-order valence-electron chi connectivity index (χ0n) is 13.2. The summed E-state index contributed by atoms with van der Waals surface area (Å²) in [5.41, 5.74) is 1.11. The van der Waals surface area contributed by atoms with E-state index in [0.29, 0.717) is 6.42 Å². The molecule has 0 aliphatic rings. The van der Waals surface area contributed by atoms with Crippen molar-refractivity contribution in [1.29, 1.82) is 0 Å². The van der Waals surface area contributed by atoms with Crippen LogP contribution in [0.4, 0.5) is 0 Å². The van der Waals surface area contributed by atoms with Gasteiger partial charge in [-0.3, -0.25) is 9.59 Å². The number of nitrogens with zero attached hydrogens (tertiary/aromatic N) is 2. The standard InChI is InChI=1S/C15H17N5O4S/c16-25(23,24)13-3-1-11(2-4-13)15(22)19-8-6-14(21)18-7-5-12-9-17-10-20-12/h1-4,7,9-10H,5-6,8H2,(H,17,20)(H,19,22)(H2,16,23,24). The second-order valence-corrected chi connectivity index (χ2v) is 6.62. The first-order valence-electron chi connectivity index (χ1n) is 7.30. The highest BCUT2D eigenvalue weighted by Crippen LogP contribution is 2.08. The predicted octanol–water partition coefficient (Wildman–Crippen LogP) is 0.0171. The minimum Gasteiger partial charge on any atom is -0.352 e. The van der Waals surface area contributed by atoms with Crippen LogP contribution in [-0.2, 0) is 21.2 Å². The third kappa shape index (κ3) is 5.94. The van der Waals surface area contributed by atoms with Gasteiger partial charge in [-0.1, -0.05) is 0 Å². The van der Waals surface area contributed by atoms with E-state index in [4.69, 9.17) is 5.14 Å². The van der Waals surface area contributed by atoms with E-state index in [1.165, 1.54) is 36.8 Å². The van der Waals surface area contributed by atoms with E-state index in [9.17, 15) is 18.0 Å². The zero-order valence-corrected chi connectivity index (χ0v) is 14.0. The number of benzene rings is 1. The van der Waals surface area contributed by atoms with Crippen LogP contribution >= 0.6 is 0 Å². The van der Waals surface area contributed by atoms with Crippen LogP contribution in [-0.4, -0.2) is 43.0 Å². The van der Waals surface area contributed by atoms with Gasteiger partial charge in [0.25, 0.3) is 5.91 Å². The maximum atomic E-state index is 11.9. The van der Waals surface area contributed by atoms with Gasteiger partial charge in [0.15, 0.2) is 0 Å². The fourth-order valence-electron chi connectivity index (χ4n) is 1.89. The Bertz CT molecular complexity index is 858. The summed E-state index contributed by atoms with van der Waals surface area (Å²) in [7, 11) is -3.80. The summed E-state index contributed by atoms with van der Waals surface area (Å²) >= 11 is 0. The molecule has 1 aromatic heterocycles. The fraction of sp³-hybridized carbons (Fsp3) is 0.200. The molecular weight excluding hydrogens is 346 g/mol. The Labute approximate surface area is 144 Å². The second-order valence-electron chi connectivity index (χ2n) is 5.06. The van der Waals surface area contributed by atoms with Crippen LogP contribution in [0.2, 0.25) is 0 Å². The summed E-state index contributed by atoms with van der Waals surface area (Å²) < 4.78 is 22.3. The van der Waals surface area contributed by atoms with E-state index in [1.54, 1.807) is 6.20 Å². The van der Waals surface area contributed by atoms with Gasteiger partial charge in [-0.15, -0.1) is 0 Å². The van der Waals surface area contributed by atoms with Crippen LogP contribution in [0.25, 0.3) is 0 Å². The van der Waals surface area contributed by atoms with Gasteiger partial charge in [-0.2, -0.15) is 0 Å². The average molecular weight is 363 g/mol. The van der Waals surface area contributed by atoms with Gasteiger partial charge in [-0.05, 0) is 24.3 Å². The Morgan fingerprint density at radius 3 is 2.60 bits per heavy atom. The van der Waals surface area contributed by atoms with Crippen molar-refractivity contribution in [1.82, 2.24) is 15.3 Å². The van der Waals surface area contributed by atoms with Crippen molar-refractivity contribution in [3.8, 4) is 0 Å². The quantitative estimate of drug-likeness (QED) is 0.593. The molecule has 4 N–H and O–H groups in total. The third-order valence-electron chi connectivity index (χ3n) is 3.17. The molecule has 0 aliphatic carbocycles. The normalized spacial score (nSPS) is 11.6. The molecule has 0 saturated heterocycles. The molecule has 0 saturated carbocycles. The Hall–Kier alpha value is -2.85. The monoisotopic (exact) mass is 363 g/mol.